The number of phenols is 1. The van der Waals surface area contributed by atoms with Crippen molar-refractivity contribution >= 4 is 11.0 Å². The van der Waals surface area contributed by atoms with Crippen LogP contribution in [0.5, 0.6) is 5.75 Å². The first-order valence-electron chi connectivity index (χ1n) is 6.01. The molecule has 1 heterocycles. The third-order valence-corrected chi connectivity index (χ3v) is 3.03. The maximum absolute atomic E-state index is 11.1. The lowest BCUT2D eigenvalue weighted by Gasteiger charge is -2.03. The van der Waals surface area contributed by atoms with E-state index in [1.165, 1.54) is 6.07 Å². The topological polar surface area (TPSA) is 50.4 Å². The highest BCUT2D eigenvalue weighted by atomic mass is 16.4. The normalized spacial score (nSPS) is 10.7. The van der Waals surface area contributed by atoms with E-state index in [2.05, 4.69) is 0 Å². The molecule has 0 spiro atoms. The summed E-state index contributed by atoms with van der Waals surface area (Å²) in [6, 6.07) is 16.1. The molecule has 0 saturated heterocycles. The first kappa shape index (κ1) is 11.5. The molecule has 0 aliphatic rings. The Morgan fingerprint density at radius 3 is 2.42 bits per heavy atom. The van der Waals surface area contributed by atoms with E-state index in [0.29, 0.717) is 5.58 Å². The van der Waals surface area contributed by atoms with Crippen LogP contribution in [0.4, 0.5) is 0 Å². The predicted octanol–water partition coefficient (Wildman–Crippen LogP) is 3.09. The van der Waals surface area contributed by atoms with E-state index in [9.17, 15) is 9.90 Å². The van der Waals surface area contributed by atoms with Gasteiger partial charge >= 0.3 is 5.63 Å². The Bertz CT molecular complexity index is 770. The van der Waals surface area contributed by atoms with Crippen molar-refractivity contribution in [2.24, 2.45) is 0 Å². The molecule has 19 heavy (non-hydrogen) atoms. The van der Waals surface area contributed by atoms with E-state index in [1.807, 2.05) is 30.3 Å². The summed E-state index contributed by atoms with van der Waals surface area (Å²) < 4.78 is 5.09. The van der Waals surface area contributed by atoms with E-state index in [4.69, 9.17) is 4.42 Å². The molecule has 94 valence electrons. The Kier molecular flexibility index (Phi) is 2.80. The zero-order chi connectivity index (χ0) is 13.2. The zero-order valence-corrected chi connectivity index (χ0v) is 10.2. The Morgan fingerprint density at radius 1 is 0.895 bits per heavy atom. The van der Waals surface area contributed by atoms with Crippen LogP contribution in [0, 0.1) is 0 Å². The molecule has 0 aliphatic heterocycles. The van der Waals surface area contributed by atoms with Crippen molar-refractivity contribution in [3.8, 4) is 5.75 Å². The Labute approximate surface area is 109 Å². The summed E-state index contributed by atoms with van der Waals surface area (Å²) in [4.78, 5) is 11.1. The molecule has 0 amide bonds. The molecule has 0 radical (unpaired) electrons. The number of aromatic hydroxyl groups is 1. The number of rotatable bonds is 2. The quantitative estimate of drug-likeness (QED) is 0.713. The average molecular weight is 252 g/mol. The minimum absolute atomic E-state index is 0.268. The molecular weight excluding hydrogens is 240 g/mol. The summed E-state index contributed by atoms with van der Waals surface area (Å²) in [7, 11) is 0. The number of hydrogen-bond donors (Lipinski definition) is 1. The second-order valence-corrected chi connectivity index (χ2v) is 4.47. The molecule has 0 aliphatic carbocycles. The summed E-state index contributed by atoms with van der Waals surface area (Å²) in [5.74, 6) is 0.268. The fourth-order valence-corrected chi connectivity index (χ4v) is 2.08. The third-order valence-electron chi connectivity index (χ3n) is 3.03. The van der Waals surface area contributed by atoms with Crippen LogP contribution < -0.4 is 5.63 Å². The molecule has 3 rings (SSSR count). The summed E-state index contributed by atoms with van der Waals surface area (Å²) in [5.41, 5.74) is 2.52. The molecule has 0 fully saturated rings. The largest absolute Gasteiger partial charge is 0.508 e. The minimum Gasteiger partial charge on any atom is -0.508 e. The fraction of sp³-hybridized carbons (Fsp3) is 0.0625. The van der Waals surface area contributed by atoms with E-state index in [-0.39, 0.29) is 11.4 Å². The highest BCUT2D eigenvalue weighted by Gasteiger charge is 2.01. The average Bonchev–Trinajstić information content (AvgIpc) is 2.42. The molecule has 1 N–H and O–H groups in total. The van der Waals surface area contributed by atoms with Crippen molar-refractivity contribution in [1.29, 1.82) is 0 Å². The number of phenolic OH excluding ortho intramolecular Hbond substituents is 1. The van der Waals surface area contributed by atoms with Crippen LogP contribution in [0.1, 0.15) is 11.1 Å². The fourth-order valence-electron chi connectivity index (χ4n) is 2.08. The number of fused-ring (bicyclic) bond motifs is 1. The molecule has 0 bridgehead atoms. The van der Waals surface area contributed by atoms with Gasteiger partial charge in [-0.15, -0.1) is 0 Å². The molecule has 3 nitrogen and oxygen atoms in total. The van der Waals surface area contributed by atoms with Crippen molar-refractivity contribution in [3.63, 3.8) is 0 Å². The Balaban J connectivity index is 1.95. The minimum atomic E-state index is -0.334. The standard InChI is InChI=1S/C16H12O3/c17-14-5-1-11(2-6-14)9-12-3-7-15-13(10-12)4-8-16(18)19-15/h1-8,10,17H,9H2. The summed E-state index contributed by atoms with van der Waals surface area (Å²) >= 11 is 0. The summed E-state index contributed by atoms with van der Waals surface area (Å²) in [5, 5.41) is 10.2. The third kappa shape index (κ3) is 2.50. The predicted molar refractivity (Wildman–Crippen MR) is 73.4 cm³/mol. The SMILES string of the molecule is O=c1ccc2cc(Cc3ccc(O)cc3)ccc2o1. The molecule has 2 aromatic carbocycles. The van der Waals surface area contributed by atoms with Crippen LogP contribution in [-0.4, -0.2) is 5.11 Å². The summed E-state index contributed by atoms with van der Waals surface area (Å²) in [6.45, 7) is 0. The van der Waals surface area contributed by atoms with Crippen LogP contribution in [0.2, 0.25) is 0 Å². The molecule has 0 saturated carbocycles. The number of benzene rings is 2. The molecule has 3 heteroatoms. The van der Waals surface area contributed by atoms with Crippen LogP contribution in [0.15, 0.2) is 63.8 Å². The van der Waals surface area contributed by atoms with E-state index in [1.54, 1.807) is 18.2 Å². The van der Waals surface area contributed by atoms with Gasteiger partial charge in [-0.05, 0) is 47.9 Å². The van der Waals surface area contributed by atoms with Crippen LogP contribution in [0.3, 0.4) is 0 Å². The van der Waals surface area contributed by atoms with Gasteiger partial charge < -0.3 is 9.52 Å². The van der Waals surface area contributed by atoms with Gasteiger partial charge in [-0.1, -0.05) is 18.2 Å². The van der Waals surface area contributed by atoms with Gasteiger partial charge in [-0.2, -0.15) is 0 Å². The Morgan fingerprint density at radius 2 is 1.63 bits per heavy atom. The summed E-state index contributed by atoms with van der Waals surface area (Å²) in [6.07, 6.45) is 0.773. The van der Waals surface area contributed by atoms with Gasteiger partial charge in [0.2, 0.25) is 0 Å². The van der Waals surface area contributed by atoms with E-state index >= 15 is 0 Å². The maximum atomic E-state index is 11.1. The van der Waals surface area contributed by atoms with Crippen molar-refractivity contribution in [1.82, 2.24) is 0 Å². The maximum Gasteiger partial charge on any atom is 0.336 e. The highest BCUT2D eigenvalue weighted by Crippen LogP contribution is 2.18. The molecular formula is C16H12O3. The first-order chi connectivity index (χ1) is 9.20. The van der Waals surface area contributed by atoms with Gasteiger partial charge in [0.15, 0.2) is 0 Å². The van der Waals surface area contributed by atoms with Crippen molar-refractivity contribution < 1.29 is 9.52 Å². The lowest BCUT2D eigenvalue weighted by molar-refractivity contribution is 0.475. The van der Waals surface area contributed by atoms with Gasteiger partial charge in [-0.3, -0.25) is 0 Å². The lowest BCUT2D eigenvalue weighted by Crippen LogP contribution is -1.95. The smallest absolute Gasteiger partial charge is 0.336 e. The van der Waals surface area contributed by atoms with Gasteiger partial charge in [0.1, 0.15) is 11.3 Å². The molecule has 3 aromatic rings. The van der Waals surface area contributed by atoms with Crippen LogP contribution in [0.25, 0.3) is 11.0 Å². The van der Waals surface area contributed by atoms with Crippen LogP contribution >= 0.6 is 0 Å². The second-order valence-electron chi connectivity index (χ2n) is 4.47. The van der Waals surface area contributed by atoms with Crippen LogP contribution in [-0.2, 0) is 6.42 Å². The lowest BCUT2D eigenvalue weighted by atomic mass is 10.0. The monoisotopic (exact) mass is 252 g/mol. The van der Waals surface area contributed by atoms with Gasteiger partial charge in [0, 0.05) is 11.5 Å². The molecule has 1 aromatic heterocycles. The first-order valence-corrected chi connectivity index (χ1v) is 6.01. The highest BCUT2D eigenvalue weighted by molar-refractivity contribution is 5.77. The van der Waals surface area contributed by atoms with Crippen molar-refractivity contribution in [2.45, 2.75) is 6.42 Å². The van der Waals surface area contributed by atoms with Gasteiger partial charge in [-0.25, -0.2) is 4.79 Å². The van der Waals surface area contributed by atoms with Gasteiger partial charge in [0.25, 0.3) is 0 Å². The van der Waals surface area contributed by atoms with E-state index < -0.39 is 0 Å². The molecule has 0 unspecified atom stereocenters. The second kappa shape index (κ2) is 4.61. The van der Waals surface area contributed by atoms with Gasteiger partial charge in [0.05, 0.1) is 0 Å². The number of hydrogen-bond acceptors (Lipinski definition) is 3. The van der Waals surface area contributed by atoms with Crippen molar-refractivity contribution in [3.05, 3.63) is 76.1 Å². The Hall–Kier alpha value is -2.55. The molecule has 0 atom stereocenters. The van der Waals surface area contributed by atoms with Crippen molar-refractivity contribution in [2.75, 3.05) is 0 Å². The van der Waals surface area contributed by atoms with E-state index in [0.717, 1.165) is 22.9 Å². The zero-order valence-electron chi connectivity index (χ0n) is 10.2.